The standard InChI is InChI=1S/C13H26N4O/c1-11-9-12(3-6-16(11)2)15-13(18)10-17-7-4-14-5-8-17/h11-12,14H,3-10H2,1-2H3,(H,15,18). The molecule has 2 fully saturated rings. The van der Waals surface area contributed by atoms with Crippen molar-refractivity contribution in [3.63, 3.8) is 0 Å². The van der Waals surface area contributed by atoms with Crippen LogP contribution in [0.1, 0.15) is 19.8 Å². The molecule has 2 aliphatic heterocycles. The van der Waals surface area contributed by atoms with E-state index in [0.29, 0.717) is 18.6 Å². The topological polar surface area (TPSA) is 47.6 Å². The minimum Gasteiger partial charge on any atom is -0.352 e. The Morgan fingerprint density at radius 1 is 1.33 bits per heavy atom. The van der Waals surface area contributed by atoms with E-state index in [1.807, 2.05) is 0 Å². The maximum Gasteiger partial charge on any atom is 0.234 e. The molecular weight excluding hydrogens is 228 g/mol. The molecule has 2 heterocycles. The summed E-state index contributed by atoms with van der Waals surface area (Å²) in [7, 11) is 2.16. The van der Waals surface area contributed by atoms with E-state index in [1.165, 1.54) is 0 Å². The Hall–Kier alpha value is -0.650. The zero-order valence-corrected chi connectivity index (χ0v) is 11.6. The fourth-order valence-electron chi connectivity index (χ4n) is 2.77. The first kappa shape index (κ1) is 13.8. The van der Waals surface area contributed by atoms with Gasteiger partial charge in [0.25, 0.3) is 0 Å². The first-order valence-corrected chi connectivity index (χ1v) is 7.08. The molecule has 0 radical (unpaired) electrons. The summed E-state index contributed by atoms with van der Waals surface area (Å²) >= 11 is 0. The summed E-state index contributed by atoms with van der Waals surface area (Å²) in [4.78, 5) is 16.6. The number of carbonyl (C=O) groups is 1. The lowest BCUT2D eigenvalue weighted by Gasteiger charge is -2.35. The summed E-state index contributed by atoms with van der Waals surface area (Å²) in [6.07, 6.45) is 2.15. The van der Waals surface area contributed by atoms with Gasteiger partial charge in [-0.15, -0.1) is 0 Å². The van der Waals surface area contributed by atoms with Crippen molar-refractivity contribution in [1.29, 1.82) is 0 Å². The van der Waals surface area contributed by atoms with E-state index < -0.39 is 0 Å². The molecule has 0 bridgehead atoms. The molecule has 0 aromatic heterocycles. The maximum atomic E-state index is 12.0. The average Bonchev–Trinajstić information content (AvgIpc) is 2.35. The zero-order chi connectivity index (χ0) is 13.0. The van der Waals surface area contributed by atoms with E-state index in [1.54, 1.807) is 0 Å². The van der Waals surface area contributed by atoms with Crippen LogP contribution in [0.4, 0.5) is 0 Å². The minimum absolute atomic E-state index is 0.193. The molecule has 0 aromatic carbocycles. The number of piperidine rings is 1. The van der Waals surface area contributed by atoms with Crippen molar-refractivity contribution in [1.82, 2.24) is 20.4 Å². The molecule has 0 aliphatic carbocycles. The lowest BCUT2D eigenvalue weighted by atomic mass is 9.99. The van der Waals surface area contributed by atoms with Gasteiger partial charge in [0, 0.05) is 44.8 Å². The Balaban J connectivity index is 1.70. The highest BCUT2D eigenvalue weighted by Crippen LogP contribution is 2.15. The predicted molar refractivity (Wildman–Crippen MR) is 72.6 cm³/mol. The second kappa shape index (κ2) is 6.50. The maximum absolute atomic E-state index is 12.0. The van der Waals surface area contributed by atoms with E-state index in [-0.39, 0.29) is 5.91 Å². The number of piperazine rings is 1. The quantitative estimate of drug-likeness (QED) is 0.712. The number of amides is 1. The van der Waals surface area contributed by atoms with E-state index in [2.05, 4.69) is 34.4 Å². The van der Waals surface area contributed by atoms with Gasteiger partial charge in [-0.3, -0.25) is 9.69 Å². The lowest BCUT2D eigenvalue weighted by molar-refractivity contribution is -0.123. The predicted octanol–water partition coefficient (Wildman–Crippen LogP) is -0.509. The van der Waals surface area contributed by atoms with Crippen LogP contribution >= 0.6 is 0 Å². The third kappa shape index (κ3) is 3.93. The summed E-state index contributed by atoms with van der Waals surface area (Å²) < 4.78 is 0. The van der Waals surface area contributed by atoms with Gasteiger partial charge >= 0.3 is 0 Å². The third-order valence-corrected chi connectivity index (χ3v) is 4.15. The lowest BCUT2D eigenvalue weighted by Crippen LogP contribution is -2.51. The number of nitrogens with zero attached hydrogens (tertiary/aromatic N) is 2. The Kier molecular flexibility index (Phi) is 4.97. The summed E-state index contributed by atoms with van der Waals surface area (Å²) in [5.41, 5.74) is 0. The van der Waals surface area contributed by atoms with Crippen molar-refractivity contribution in [2.75, 3.05) is 46.3 Å². The highest BCUT2D eigenvalue weighted by Gasteiger charge is 2.24. The van der Waals surface area contributed by atoms with Crippen LogP contribution in [0.2, 0.25) is 0 Å². The first-order chi connectivity index (χ1) is 8.65. The van der Waals surface area contributed by atoms with Crippen LogP contribution in [0.5, 0.6) is 0 Å². The molecule has 5 heteroatoms. The summed E-state index contributed by atoms with van der Waals surface area (Å²) in [6, 6.07) is 0.940. The molecule has 1 amide bonds. The van der Waals surface area contributed by atoms with Crippen LogP contribution in [-0.4, -0.2) is 74.1 Å². The van der Waals surface area contributed by atoms with Crippen LogP contribution in [0.3, 0.4) is 0 Å². The first-order valence-electron chi connectivity index (χ1n) is 7.08. The van der Waals surface area contributed by atoms with Crippen molar-refractivity contribution < 1.29 is 4.79 Å². The molecule has 5 nitrogen and oxygen atoms in total. The summed E-state index contributed by atoms with van der Waals surface area (Å²) in [5, 5.41) is 6.49. The largest absolute Gasteiger partial charge is 0.352 e. The Labute approximate surface area is 110 Å². The normalized spacial score (nSPS) is 31.2. The van der Waals surface area contributed by atoms with Gasteiger partial charge in [0.15, 0.2) is 0 Å². The number of carbonyl (C=O) groups excluding carboxylic acids is 1. The Morgan fingerprint density at radius 2 is 2.06 bits per heavy atom. The number of likely N-dealkylation sites (tertiary alicyclic amines) is 1. The van der Waals surface area contributed by atoms with Crippen molar-refractivity contribution in [2.24, 2.45) is 0 Å². The van der Waals surface area contributed by atoms with Gasteiger partial charge in [-0.1, -0.05) is 0 Å². The molecule has 2 unspecified atom stereocenters. The van der Waals surface area contributed by atoms with Crippen LogP contribution < -0.4 is 10.6 Å². The van der Waals surface area contributed by atoms with Crippen molar-refractivity contribution >= 4 is 5.91 Å². The molecule has 104 valence electrons. The molecule has 2 aliphatic rings. The van der Waals surface area contributed by atoms with Crippen LogP contribution in [0.15, 0.2) is 0 Å². The number of hydrogen-bond acceptors (Lipinski definition) is 4. The van der Waals surface area contributed by atoms with Crippen LogP contribution in [-0.2, 0) is 4.79 Å². The highest BCUT2D eigenvalue weighted by molar-refractivity contribution is 5.78. The van der Waals surface area contributed by atoms with Gasteiger partial charge in [0.2, 0.25) is 5.91 Å². The number of nitrogens with one attached hydrogen (secondary N) is 2. The van der Waals surface area contributed by atoms with Gasteiger partial charge in [-0.2, -0.15) is 0 Å². The summed E-state index contributed by atoms with van der Waals surface area (Å²) in [6.45, 7) is 7.84. The second-order valence-corrected chi connectivity index (χ2v) is 5.64. The Morgan fingerprint density at radius 3 is 2.72 bits per heavy atom. The van der Waals surface area contributed by atoms with Crippen molar-refractivity contribution in [2.45, 2.75) is 31.8 Å². The van der Waals surface area contributed by atoms with Gasteiger partial charge in [0.05, 0.1) is 6.54 Å². The zero-order valence-electron chi connectivity index (χ0n) is 11.6. The molecule has 2 atom stereocenters. The molecule has 0 spiro atoms. The SMILES string of the molecule is CC1CC(NC(=O)CN2CCNCC2)CCN1C. The molecule has 2 rings (SSSR count). The van der Waals surface area contributed by atoms with E-state index in [0.717, 1.165) is 45.6 Å². The molecular formula is C13H26N4O. The van der Waals surface area contributed by atoms with Gasteiger partial charge < -0.3 is 15.5 Å². The molecule has 2 saturated heterocycles. The van der Waals surface area contributed by atoms with Crippen LogP contribution in [0.25, 0.3) is 0 Å². The summed E-state index contributed by atoms with van der Waals surface area (Å²) in [5.74, 6) is 0.193. The Bertz CT molecular complexity index is 278. The average molecular weight is 254 g/mol. The highest BCUT2D eigenvalue weighted by atomic mass is 16.2. The fraction of sp³-hybridized carbons (Fsp3) is 0.923. The fourth-order valence-corrected chi connectivity index (χ4v) is 2.77. The van der Waals surface area contributed by atoms with E-state index >= 15 is 0 Å². The molecule has 2 N–H and O–H groups in total. The van der Waals surface area contributed by atoms with E-state index in [9.17, 15) is 4.79 Å². The number of hydrogen-bond donors (Lipinski definition) is 2. The van der Waals surface area contributed by atoms with Crippen LogP contribution in [0, 0.1) is 0 Å². The van der Waals surface area contributed by atoms with Crippen molar-refractivity contribution in [3.8, 4) is 0 Å². The molecule has 18 heavy (non-hydrogen) atoms. The van der Waals surface area contributed by atoms with Gasteiger partial charge in [0.1, 0.15) is 0 Å². The third-order valence-electron chi connectivity index (χ3n) is 4.15. The second-order valence-electron chi connectivity index (χ2n) is 5.64. The van der Waals surface area contributed by atoms with Gasteiger partial charge in [-0.25, -0.2) is 0 Å². The number of rotatable bonds is 3. The monoisotopic (exact) mass is 254 g/mol. The van der Waals surface area contributed by atoms with E-state index in [4.69, 9.17) is 0 Å². The smallest absolute Gasteiger partial charge is 0.234 e. The van der Waals surface area contributed by atoms with Gasteiger partial charge in [-0.05, 0) is 26.8 Å². The molecule has 0 saturated carbocycles. The minimum atomic E-state index is 0.193. The van der Waals surface area contributed by atoms with Crippen molar-refractivity contribution in [3.05, 3.63) is 0 Å². The molecule has 0 aromatic rings.